The van der Waals surface area contributed by atoms with Gasteiger partial charge in [-0.15, -0.1) is 5.10 Å². The minimum atomic E-state index is -0.618. The summed E-state index contributed by atoms with van der Waals surface area (Å²) in [6, 6.07) is 20.2. The summed E-state index contributed by atoms with van der Waals surface area (Å²) in [6.07, 6.45) is 5.17. The number of benzene rings is 2. The van der Waals surface area contributed by atoms with Crippen molar-refractivity contribution in [1.29, 1.82) is 0 Å². The molecule has 1 aliphatic rings. The van der Waals surface area contributed by atoms with Crippen molar-refractivity contribution in [3.05, 3.63) is 94.9 Å². The van der Waals surface area contributed by atoms with E-state index in [1.165, 1.54) is 16.7 Å². The highest BCUT2D eigenvalue weighted by Gasteiger charge is 2.39. The van der Waals surface area contributed by atoms with E-state index in [9.17, 15) is 9.59 Å². The molecular formula is C26H23ClN4O3S. The van der Waals surface area contributed by atoms with Gasteiger partial charge in [-0.25, -0.2) is 0 Å². The Hall–Kier alpha value is -3.62. The zero-order valence-electron chi connectivity index (χ0n) is 18.9. The first kappa shape index (κ1) is 24.5. The molecule has 1 saturated heterocycles. The number of anilines is 1. The van der Waals surface area contributed by atoms with E-state index in [2.05, 4.69) is 15.5 Å². The molecule has 1 aliphatic heterocycles. The maximum atomic E-state index is 13.1. The lowest BCUT2D eigenvalue weighted by Crippen LogP contribution is -2.33. The second kappa shape index (κ2) is 11.7. The summed E-state index contributed by atoms with van der Waals surface area (Å²) in [7, 11) is 0. The average molecular weight is 507 g/mol. The van der Waals surface area contributed by atoms with Gasteiger partial charge in [-0.2, -0.15) is 5.10 Å². The molecule has 4 rings (SSSR count). The summed E-state index contributed by atoms with van der Waals surface area (Å²) in [6.45, 7) is 2.13. The maximum absolute atomic E-state index is 13.1. The van der Waals surface area contributed by atoms with Crippen molar-refractivity contribution in [2.24, 2.45) is 10.2 Å². The summed E-state index contributed by atoms with van der Waals surface area (Å²) in [5.41, 5.74) is 2.58. The van der Waals surface area contributed by atoms with Crippen molar-refractivity contribution in [1.82, 2.24) is 4.90 Å². The number of hydrogen-bond donors (Lipinski definition) is 1. The molecule has 2 heterocycles. The van der Waals surface area contributed by atoms with Gasteiger partial charge < -0.3 is 9.73 Å². The van der Waals surface area contributed by atoms with Crippen LogP contribution < -0.4 is 5.32 Å². The van der Waals surface area contributed by atoms with E-state index in [1.807, 2.05) is 43.3 Å². The molecule has 1 aromatic heterocycles. The number of carbonyl (C=O) groups excluding carboxylic acids is 2. The van der Waals surface area contributed by atoms with Crippen LogP contribution >= 0.6 is 23.4 Å². The average Bonchev–Trinajstić information content (AvgIpc) is 3.45. The van der Waals surface area contributed by atoms with E-state index in [1.54, 1.807) is 48.9 Å². The maximum Gasteiger partial charge on any atom is 0.243 e. The monoisotopic (exact) mass is 506 g/mol. The number of nitrogens with zero attached hydrogens (tertiary/aromatic N) is 3. The van der Waals surface area contributed by atoms with E-state index in [0.29, 0.717) is 21.6 Å². The number of allylic oxidation sites excluding steroid dienone is 1. The largest absolute Gasteiger partial charge is 0.467 e. The van der Waals surface area contributed by atoms with Crippen molar-refractivity contribution in [2.45, 2.75) is 25.1 Å². The fraction of sp³-hybridized carbons (Fsp3) is 0.154. The molecule has 1 atom stereocenters. The van der Waals surface area contributed by atoms with Gasteiger partial charge in [-0.05, 0) is 54.5 Å². The molecule has 7 nitrogen and oxygen atoms in total. The van der Waals surface area contributed by atoms with Crippen LogP contribution in [0.15, 0.2) is 93.2 Å². The second-order valence-electron chi connectivity index (χ2n) is 7.80. The van der Waals surface area contributed by atoms with Gasteiger partial charge in [0.15, 0.2) is 5.17 Å². The summed E-state index contributed by atoms with van der Waals surface area (Å²) in [5, 5.41) is 11.7. The molecule has 0 saturated carbocycles. The van der Waals surface area contributed by atoms with E-state index in [0.717, 1.165) is 11.1 Å². The van der Waals surface area contributed by atoms with Gasteiger partial charge in [0.05, 0.1) is 19.0 Å². The third-order valence-corrected chi connectivity index (χ3v) is 6.43. The van der Waals surface area contributed by atoms with E-state index in [4.69, 9.17) is 16.0 Å². The first-order valence-electron chi connectivity index (χ1n) is 10.9. The quantitative estimate of drug-likeness (QED) is 0.306. The van der Waals surface area contributed by atoms with Crippen LogP contribution in [-0.2, 0) is 16.1 Å². The zero-order chi connectivity index (χ0) is 24.6. The van der Waals surface area contributed by atoms with E-state index in [-0.39, 0.29) is 24.8 Å². The Bertz CT molecular complexity index is 1260. The molecule has 0 radical (unpaired) electrons. The number of rotatable bonds is 8. The molecule has 0 aliphatic carbocycles. The van der Waals surface area contributed by atoms with Crippen LogP contribution in [0.2, 0.25) is 5.02 Å². The molecular weight excluding hydrogens is 484 g/mol. The van der Waals surface area contributed by atoms with Crippen LogP contribution in [0.1, 0.15) is 24.7 Å². The summed E-state index contributed by atoms with van der Waals surface area (Å²) in [4.78, 5) is 27.2. The Kier molecular flexibility index (Phi) is 8.18. The number of furan rings is 1. The lowest BCUT2D eigenvalue weighted by atomic mass is 10.1. The van der Waals surface area contributed by atoms with Crippen LogP contribution in [0.4, 0.5) is 5.69 Å². The SMILES string of the molecule is CC(/C=N\N=C1\S[C@@H](CC(=O)Nc2ccc(Cl)cc2)C(=O)N1Cc1ccco1)=C/c1ccccc1. The van der Waals surface area contributed by atoms with Gasteiger partial charge in [0.25, 0.3) is 0 Å². The summed E-state index contributed by atoms with van der Waals surface area (Å²) >= 11 is 7.11. The first-order chi connectivity index (χ1) is 17.0. The summed E-state index contributed by atoms with van der Waals surface area (Å²) in [5.74, 6) is 0.118. The second-order valence-corrected chi connectivity index (χ2v) is 9.40. The number of halogens is 1. The fourth-order valence-electron chi connectivity index (χ4n) is 3.35. The summed E-state index contributed by atoms with van der Waals surface area (Å²) < 4.78 is 5.41. The van der Waals surface area contributed by atoms with Gasteiger partial charge in [0.1, 0.15) is 11.0 Å². The number of hydrogen-bond acceptors (Lipinski definition) is 6. The first-order valence-corrected chi connectivity index (χ1v) is 12.1. The Balaban J connectivity index is 1.47. The van der Waals surface area contributed by atoms with Crippen LogP contribution in [0, 0.1) is 0 Å². The van der Waals surface area contributed by atoms with Crippen molar-refractivity contribution in [3.63, 3.8) is 0 Å². The van der Waals surface area contributed by atoms with Crippen LogP contribution in [0.5, 0.6) is 0 Å². The Labute approximate surface area is 212 Å². The molecule has 1 N–H and O–H groups in total. The topological polar surface area (TPSA) is 87.3 Å². The third-order valence-electron chi connectivity index (χ3n) is 5.01. The molecule has 2 amide bonds. The normalized spacial score (nSPS) is 17.5. The minimum absolute atomic E-state index is 0.00352. The molecule has 3 aromatic rings. The fourth-order valence-corrected chi connectivity index (χ4v) is 4.57. The van der Waals surface area contributed by atoms with Crippen LogP contribution in [-0.4, -0.2) is 33.3 Å². The van der Waals surface area contributed by atoms with Gasteiger partial charge in [0, 0.05) is 17.1 Å². The highest BCUT2D eigenvalue weighted by atomic mass is 35.5. The molecule has 35 heavy (non-hydrogen) atoms. The predicted octanol–water partition coefficient (Wildman–Crippen LogP) is 5.85. The standard InChI is InChI=1S/C26H23ClN4O3S/c1-18(14-19-6-3-2-4-7-19)16-28-30-26-31(17-22-8-5-13-34-22)25(33)23(35-26)15-24(32)29-21-11-9-20(27)10-12-21/h2-14,16,23H,15,17H2,1H3,(H,29,32)/b18-14-,28-16-,30-26+/t23-/m0/s1. The number of amidine groups is 1. The van der Waals surface area contributed by atoms with Crippen molar-refractivity contribution >= 4 is 58.3 Å². The molecule has 9 heteroatoms. The van der Waals surface area contributed by atoms with Crippen molar-refractivity contribution in [3.8, 4) is 0 Å². The highest BCUT2D eigenvalue weighted by Crippen LogP contribution is 2.31. The predicted molar refractivity (Wildman–Crippen MR) is 141 cm³/mol. The van der Waals surface area contributed by atoms with E-state index < -0.39 is 5.25 Å². The number of nitrogens with one attached hydrogen (secondary N) is 1. The van der Waals surface area contributed by atoms with Crippen LogP contribution in [0.3, 0.4) is 0 Å². The third kappa shape index (κ3) is 6.94. The van der Waals surface area contributed by atoms with Gasteiger partial charge in [-0.3, -0.25) is 14.5 Å². The lowest BCUT2D eigenvalue weighted by molar-refractivity contribution is -0.128. The number of thioether (sulfide) groups is 1. The Morgan fingerprint density at radius 3 is 2.63 bits per heavy atom. The molecule has 1 fully saturated rings. The smallest absolute Gasteiger partial charge is 0.243 e. The molecule has 0 spiro atoms. The van der Waals surface area contributed by atoms with Crippen molar-refractivity contribution in [2.75, 3.05) is 5.32 Å². The van der Waals surface area contributed by atoms with Gasteiger partial charge >= 0.3 is 0 Å². The Morgan fingerprint density at radius 1 is 1.14 bits per heavy atom. The minimum Gasteiger partial charge on any atom is -0.467 e. The number of carbonyl (C=O) groups is 2. The van der Waals surface area contributed by atoms with Crippen LogP contribution in [0.25, 0.3) is 6.08 Å². The lowest BCUT2D eigenvalue weighted by Gasteiger charge is -2.14. The van der Waals surface area contributed by atoms with Gasteiger partial charge in [-0.1, -0.05) is 59.8 Å². The van der Waals surface area contributed by atoms with E-state index >= 15 is 0 Å². The molecule has 0 unspecified atom stereocenters. The number of amides is 2. The zero-order valence-corrected chi connectivity index (χ0v) is 20.5. The van der Waals surface area contributed by atoms with Crippen molar-refractivity contribution < 1.29 is 14.0 Å². The van der Waals surface area contributed by atoms with Gasteiger partial charge in [0.2, 0.25) is 11.8 Å². The molecule has 2 aromatic carbocycles. The Morgan fingerprint density at radius 2 is 1.91 bits per heavy atom. The molecule has 178 valence electrons. The molecule has 0 bridgehead atoms. The highest BCUT2D eigenvalue weighted by molar-refractivity contribution is 8.15.